The average Bonchev–Trinajstić information content (AvgIpc) is 2.70. The highest BCUT2D eigenvalue weighted by Gasteiger charge is 2.56. The van der Waals surface area contributed by atoms with Gasteiger partial charge in [-0.05, 0) is 18.9 Å². The summed E-state index contributed by atoms with van der Waals surface area (Å²) in [4.78, 5) is 23.7. The zero-order valence-corrected chi connectivity index (χ0v) is 10.8. The molecule has 2 N–H and O–H groups in total. The highest BCUT2D eigenvalue weighted by atomic mass is 16.6. The number of ether oxygens (including phenoxy) is 2. The number of hydrogen-bond acceptors (Lipinski definition) is 5. The minimum atomic E-state index is -1.69. The molecular weight excluding hydrogens is 246 g/mol. The molecule has 1 saturated heterocycles. The highest BCUT2D eigenvalue weighted by molar-refractivity contribution is 6.06. The molecule has 1 fully saturated rings. The fourth-order valence-corrected chi connectivity index (χ4v) is 2.21. The molecule has 19 heavy (non-hydrogen) atoms. The van der Waals surface area contributed by atoms with Crippen molar-refractivity contribution in [1.29, 1.82) is 0 Å². The predicted molar refractivity (Wildman–Crippen MR) is 68.1 cm³/mol. The molecule has 0 spiro atoms. The molecule has 0 aromatic heterocycles. The van der Waals surface area contributed by atoms with Crippen LogP contribution in [0.4, 0.5) is 0 Å². The number of nitrogens with two attached hydrogens (primary N) is 1. The van der Waals surface area contributed by atoms with E-state index in [1.807, 2.05) is 30.3 Å². The largest absolute Gasteiger partial charge is 0.464 e. The molecule has 5 heteroatoms. The van der Waals surface area contributed by atoms with Crippen molar-refractivity contribution in [2.75, 3.05) is 13.2 Å². The molecule has 0 amide bonds. The maximum absolute atomic E-state index is 11.9. The Morgan fingerprint density at radius 3 is 2.79 bits per heavy atom. The fourth-order valence-electron chi connectivity index (χ4n) is 2.21. The van der Waals surface area contributed by atoms with Gasteiger partial charge < -0.3 is 15.2 Å². The van der Waals surface area contributed by atoms with Crippen LogP contribution in [0, 0.1) is 5.92 Å². The first-order valence-electron chi connectivity index (χ1n) is 6.26. The van der Waals surface area contributed by atoms with Crippen molar-refractivity contribution in [1.82, 2.24) is 0 Å². The number of cyclic esters (lactones) is 1. The van der Waals surface area contributed by atoms with Crippen molar-refractivity contribution >= 4 is 11.9 Å². The molecule has 0 radical (unpaired) electrons. The van der Waals surface area contributed by atoms with E-state index in [1.165, 1.54) is 0 Å². The van der Waals surface area contributed by atoms with Crippen molar-refractivity contribution in [3.05, 3.63) is 35.9 Å². The second kappa shape index (κ2) is 5.40. The Morgan fingerprint density at radius 1 is 1.47 bits per heavy atom. The maximum Gasteiger partial charge on any atom is 0.338 e. The van der Waals surface area contributed by atoms with Crippen LogP contribution in [0.25, 0.3) is 0 Å². The van der Waals surface area contributed by atoms with Crippen LogP contribution >= 0.6 is 0 Å². The number of hydrogen-bond donors (Lipinski definition) is 1. The van der Waals surface area contributed by atoms with Crippen LogP contribution < -0.4 is 5.73 Å². The summed E-state index contributed by atoms with van der Waals surface area (Å²) in [7, 11) is 0. The van der Waals surface area contributed by atoms with Crippen LogP contribution in [0.2, 0.25) is 0 Å². The van der Waals surface area contributed by atoms with Crippen molar-refractivity contribution in [2.45, 2.75) is 18.9 Å². The van der Waals surface area contributed by atoms with Gasteiger partial charge >= 0.3 is 11.9 Å². The van der Waals surface area contributed by atoms with Crippen molar-refractivity contribution < 1.29 is 19.1 Å². The predicted octanol–water partition coefficient (Wildman–Crippen LogP) is 0.663. The van der Waals surface area contributed by atoms with Gasteiger partial charge in [-0.1, -0.05) is 30.3 Å². The van der Waals surface area contributed by atoms with Crippen LogP contribution in [0.15, 0.2) is 30.3 Å². The van der Waals surface area contributed by atoms with E-state index in [1.54, 1.807) is 6.92 Å². The van der Waals surface area contributed by atoms with Gasteiger partial charge in [0, 0.05) is 5.92 Å². The first-order chi connectivity index (χ1) is 9.09. The Balaban J connectivity index is 2.20. The van der Waals surface area contributed by atoms with E-state index in [0.717, 1.165) is 5.56 Å². The Kier molecular flexibility index (Phi) is 3.85. The lowest BCUT2D eigenvalue weighted by molar-refractivity contribution is -0.158. The number of carbonyl (C=O) groups excluding carboxylic acids is 2. The molecule has 0 saturated carbocycles. The highest BCUT2D eigenvalue weighted by Crippen LogP contribution is 2.29. The molecule has 1 aliphatic rings. The second-order valence-corrected chi connectivity index (χ2v) is 4.57. The van der Waals surface area contributed by atoms with E-state index >= 15 is 0 Å². The summed E-state index contributed by atoms with van der Waals surface area (Å²) < 4.78 is 9.86. The molecule has 1 aromatic carbocycles. The third kappa shape index (κ3) is 2.46. The molecule has 0 bridgehead atoms. The summed E-state index contributed by atoms with van der Waals surface area (Å²) in [5.74, 6) is -1.81. The first kappa shape index (κ1) is 13.5. The summed E-state index contributed by atoms with van der Waals surface area (Å²) in [6.45, 7) is 2.00. The lowest BCUT2D eigenvalue weighted by Gasteiger charge is -2.24. The summed E-state index contributed by atoms with van der Waals surface area (Å²) in [5, 5.41) is 0. The number of benzene rings is 1. The van der Waals surface area contributed by atoms with Gasteiger partial charge in [-0.2, -0.15) is 0 Å². The summed E-state index contributed by atoms with van der Waals surface area (Å²) in [6, 6.07) is 9.55. The molecule has 2 rings (SSSR count). The first-order valence-corrected chi connectivity index (χ1v) is 6.26. The van der Waals surface area contributed by atoms with Crippen LogP contribution in [0.3, 0.4) is 0 Å². The summed E-state index contributed by atoms with van der Waals surface area (Å²) in [6.07, 6.45) is 0.502. The fraction of sp³-hybridized carbons (Fsp3) is 0.429. The molecule has 5 nitrogen and oxygen atoms in total. The lowest BCUT2D eigenvalue weighted by atomic mass is 9.83. The number of esters is 2. The van der Waals surface area contributed by atoms with Crippen molar-refractivity contribution in [2.24, 2.45) is 11.7 Å². The molecule has 0 aliphatic carbocycles. The van der Waals surface area contributed by atoms with Crippen molar-refractivity contribution in [3.8, 4) is 0 Å². The van der Waals surface area contributed by atoms with Gasteiger partial charge in [-0.25, -0.2) is 9.59 Å². The SMILES string of the molecule is CCOC(=O)[C@]1(N)C(=O)OC[C@H]1Cc1ccccc1. The molecule has 1 aliphatic heterocycles. The van der Waals surface area contributed by atoms with Crippen LogP contribution in [-0.2, 0) is 25.5 Å². The van der Waals surface area contributed by atoms with Gasteiger partial charge in [0.25, 0.3) is 0 Å². The zero-order chi connectivity index (χ0) is 13.9. The van der Waals surface area contributed by atoms with Gasteiger partial charge in [-0.15, -0.1) is 0 Å². The van der Waals surface area contributed by atoms with Crippen LogP contribution in [0.1, 0.15) is 12.5 Å². The molecule has 2 atom stereocenters. The summed E-state index contributed by atoms with van der Waals surface area (Å²) in [5.41, 5.74) is 5.29. The van der Waals surface area contributed by atoms with Gasteiger partial charge in [-0.3, -0.25) is 0 Å². The zero-order valence-electron chi connectivity index (χ0n) is 10.8. The molecule has 1 aromatic rings. The normalized spacial score (nSPS) is 26.0. The minimum absolute atomic E-state index is 0.142. The smallest absolute Gasteiger partial charge is 0.338 e. The van der Waals surface area contributed by atoms with E-state index in [9.17, 15) is 9.59 Å². The Bertz CT molecular complexity index is 474. The second-order valence-electron chi connectivity index (χ2n) is 4.57. The Labute approximate surface area is 111 Å². The van der Waals surface area contributed by atoms with Gasteiger partial charge in [0.15, 0.2) is 0 Å². The van der Waals surface area contributed by atoms with Crippen LogP contribution in [0.5, 0.6) is 0 Å². The van der Waals surface area contributed by atoms with Gasteiger partial charge in [0.2, 0.25) is 5.54 Å². The van der Waals surface area contributed by atoms with E-state index in [-0.39, 0.29) is 13.2 Å². The third-order valence-corrected chi connectivity index (χ3v) is 3.34. The molecular formula is C14H17NO4. The monoisotopic (exact) mass is 263 g/mol. The molecule has 0 unspecified atom stereocenters. The number of rotatable bonds is 4. The molecule has 102 valence electrons. The van der Waals surface area contributed by atoms with E-state index in [2.05, 4.69) is 0 Å². The topological polar surface area (TPSA) is 78.6 Å². The van der Waals surface area contributed by atoms with Crippen LogP contribution in [-0.4, -0.2) is 30.7 Å². The third-order valence-electron chi connectivity index (χ3n) is 3.34. The van der Waals surface area contributed by atoms with Gasteiger partial charge in [0.1, 0.15) is 0 Å². The standard InChI is InChI=1S/C14H17NO4/c1-2-18-12(16)14(15)11(9-19-13(14)17)8-10-6-4-3-5-7-10/h3-7,11H,2,8-9,15H2,1H3/t11-,14+/m1/s1. The Morgan fingerprint density at radius 2 is 2.16 bits per heavy atom. The quantitative estimate of drug-likeness (QED) is 0.638. The van der Waals surface area contributed by atoms with Gasteiger partial charge in [0.05, 0.1) is 13.2 Å². The Hall–Kier alpha value is -1.88. The number of carbonyl (C=O) groups is 2. The average molecular weight is 263 g/mol. The maximum atomic E-state index is 11.9. The molecule has 1 heterocycles. The van der Waals surface area contributed by atoms with E-state index in [4.69, 9.17) is 15.2 Å². The minimum Gasteiger partial charge on any atom is -0.464 e. The summed E-state index contributed by atoms with van der Waals surface area (Å²) >= 11 is 0. The lowest BCUT2D eigenvalue weighted by Crippen LogP contribution is -2.58. The van der Waals surface area contributed by atoms with E-state index in [0.29, 0.717) is 6.42 Å². The van der Waals surface area contributed by atoms with E-state index < -0.39 is 23.4 Å². The van der Waals surface area contributed by atoms with Crippen molar-refractivity contribution in [3.63, 3.8) is 0 Å².